The monoisotopic (exact) mass is 350 g/mol. The maximum atomic E-state index is 4.68. The van der Waals surface area contributed by atoms with Crippen LogP contribution < -0.4 is 4.90 Å². The summed E-state index contributed by atoms with van der Waals surface area (Å²) >= 11 is 0. The maximum Gasteiger partial charge on any atom is 0.0463 e. The fourth-order valence-corrected chi connectivity index (χ4v) is 4.90. The van der Waals surface area contributed by atoms with Gasteiger partial charge in [0.2, 0.25) is 0 Å². The molecule has 26 heavy (non-hydrogen) atoms. The van der Waals surface area contributed by atoms with Crippen LogP contribution in [0.25, 0.3) is 0 Å². The highest BCUT2D eigenvalue weighted by molar-refractivity contribution is 5.59. The highest BCUT2D eigenvalue weighted by atomic mass is 15.2. The lowest BCUT2D eigenvalue weighted by Crippen LogP contribution is -2.44. The number of fused-ring (bicyclic) bond motifs is 1. The molecule has 2 heterocycles. The van der Waals surface area contributed by atoms with Gasteiger partial charge in [-0.1, -0.05) is 58.9 Å². The highest BCUT2D eigenvalue weighted by Gasteiger charge is 2.40. The van der Waals surface area contributed by atoms with Crippen LogP contribution in [0.4, 0.5) is 5.69 Å². The third kappa shape index (κ3) is 3.51. The van der Waals surface area contributed by atoms with Crippen LogP contribution in [0.15, 0.2) is 42.6 Å². The summed E-state index contributed by atoms with van der Waals surface area (Å²) in [6.45, 7) is 15.1. The van der Waals surface area contributed by atoms with Crippen molar-refractivity contribution in [3.8, 4) is 0 Å². The normalized spacial score (nSPS) is 18.3. The smallest absolute Gasteiger partial charge is 0.0463 e. The number of anilines is 1. The number of hydrogen-bond donors (Lipinski definition) is 0. The minimum absolute atomic E-state index is 0.235. The lowest BCUT2D eigenvalue weighted by molar-refractivity contribution is 0.242. The van der Waals surface area contributed by atoms with Gasteiger partial charge in [-0.15, -0.1) is 0 Å². The molecule has 0 saturated carbocycles. The van der Waals surface area contributed by atoms with E-state index in [1.54, 1.807) is 0 Å². The van der Waals surface area contributed by atoms with Gasteiger partial charge in [0.15, 0.2) is 0 Å². The summed E-state index contributed by atoms with van der Waals surface area (Å²) < 4.78 is 0. The molecule has 0 fully saturated rings. The molecule has 2 aromatic rings. The second-order valence-corrected chi connectivity index (χ2v) is 8.86. The van der Waals surface area contributed by atoms with Crippen LogP contribution in [-0.2, 0) is 6.42 Å². The standard InChI is InChI=1S/C24H34N2/c1-7-26-21-13-9-8-11-19(21)15-22(26)24(5,6)16-18(4)20-12-10-14-25-23(20)17(2)3/h8-14,17-18,22H,7,15-16H2,1-6H3. The van der Waals surface area contributed by atoms with Crippen molar-refractivity contribution < 1.29 is 0 Å². The average molecular weight is 351 g/mol. The van der Waals surface area contributed by atoms with Crippen molar-refractivity contribution >= 4 is 5.69 Å². The lowest BCUT2D eigenvalue weighted by Gasteiger charge is -2.40. The molecule has 0 N–H and O–H groups in total. The maximum absolute atomic E-state index is 4.68. The first-order valence-corrected chi connectivity index (χ1v) is 10.1. The van der Waals surface area contributed by atoms with E-state index in [1.165, 1.54) is 28.9 Å². The molecule has 0 aliphatic carbocycles. The molecule has 0 amide bonds. The Labute approximate surface area is 159 Å². The molecule has 1 aliphatic heterocycles. The fourth-order valence-electron chi connectivity index (χ4n) is 4.90. The van der Waals surface area contributed by atoms with Gasteiger partial charge in [-0.2, -0.15) is 0 Å². The molecule has 1 aromatic heterocycles. The number of pyridine rings is 1. The number of rotatable bonds is 6. The minimum atomic E-state index is 0.235. The Bertz CT molecular complexity index is 747. The molecular weight excluding hydrogens is 316 g/mol. The largest absolute Gasteiger partial charge is 0.368 e. The second-order valence-electron chi connectivity index (χ2n) is 8.86. The van der Waals surface area contributed by atoms with E-state index in [0.717, 1.165) is 13.0 Å². The first kappa shape index (κ1) is 18.9. The zero-order chi connectivity index (χ0) is 18.9. The third-order valence-electron chi connectivity index (χ3n) is 6.11. The first-order valence-electron chi connectivity index (χ1n) is 10.1. The molecule has 0 bridgehead atoms. The van der Waals surface area contributed by atoms with E-state index in [2.05, 4.69) is 87.8 Å². The van der Waals surface area contributed by atoms with E-state index in [4.69, 9.17) is 0 Å². The summed E-state index contributed by atoms with van der Waals surface area (Å²) in [4.78, 5) is 7.30. The SMILES string of the molecule is CCN1c2ccccc2CC1C(C)(C)CC(C)c1cccnc1C(C)C. The molecule has 0 saturated heterocycles. The first-order chi connectivity index (χ1) is 12.3. The van der Waals surface area contributed by atoms with Gasteiger partial charge in [0, 0.05) is 30.2 Å². The van der Waals surface area contributed by atoms with Crippen molar-refractivity contribution in [2.45, 2.75) is 72.3 Å². The molecule has 2 heteroatoms. The predicted molar refractivity (Wildman–Crippen MR) is 112 cm³/mol. The van der Waals surface area contributed by atoms with E-state index in [1.807, 2.05) is 6.20 Å². The molecule has 140 valence electrons. The number of aromatic nitrogens is 1. The molecular formula is C24H34N2. The number of benzene rings is 1. The molecule has 1 aromatic carbocycles. The van der Waals surface area contributed by atoms with Crippen LogP contribution >= 0.6 is 0 Å². The van der Waals surface area contributed by atoms with Crippen LogP contribution in [0.5, 0.6) is 0 Å². The second kappa shape index (κ2) is 7.42. The summed E-state index contributed by atoms with van der Waals surface area (Å²) in [6.07, 6.45) is 4.27. The summed E-state index contributed by atoms with van der Waals surface area (Å²) in [5.74, 6) is 0.984. The van der Waals surface area contributed by atoms with Crippen molar-refractivity contribution in [1.29, 1.82) is 0 Å². The minimum Gasteiger partial charge on any atom is -0.368 e. The van der Waals surface area contributed by atoms with Crippen LogP contribution in [-0.4, -0.2) is 17.6 Å². The van der Waals surface area contributed by atoms with Crippen LogP contribution in [0.2, 0.25) is 0 Å². The third-order valence-corrected chi connectivity index (χ3v) is 6.11. The van der Waals surface area contributed by atoms with Crippen LogP contribution in [0.3, 0.4) is 0 Å². The highest BCUT2D eigenvalue weighted by Crippen LogP contribution is 2.44. The number of para-hydroxylation sites is 1. The zero-order valence-corrected chi connectivity index (χ0v) is 17.3. The van der Waals surface area contributed by atoms with Crippen molar-refractivity contribution in [3.05, 3.63) is 59.4 Å². The summed E-state index contributed by atoms with van der Waals surface area (Å²) in [6, 6.07) is 13.9. The molecule has 2 nitrogen and oxygen atoms in total. The van der Waals surface area contributed by atoms with Gasteiger partial charge in [-0.25, -0.2) is 0 Å². The van der Waals surface area contributed by atoms with E-state index in [0.29, 0.717) is 17.9 Å². The van der Waals surface area contributed by atoms with Crippen molar-refractivity contribution in [3.63, 3.8) is 0 Å². The van der Waals surface area contributed by atoms with Gasteiger partial charge >= 0.3 is 0 Å². The van der Waals surface area contributed by atoms with E-state index >= 15 is 0 Å². The Morgan fingerprint density at radius 2 is 1.85 bits per heavy atom. The van der Waals surface area contributed by atoms with Gasteiger partial charge in [0.05, 0.1) is 0 Å². The molecule has 0 spiro atoms. The Morgan fingerprint density at radius 1 is 1.12 bits per heavy atom. The van der Waals surface area contributed by atoms with E-state index in [9.17, 15) is 0 Å². The zero-order valence-electron chi connectivity index (χ0n) is 17.3. The quantitative estimate of drug-likeness (QED) is 0.619. The lowest BCUT2D eigenvalue weighted by atomic mass is 9.73. The molecule has 1 aliphatic rings. The molecule has 2 unspecified atom stereocenters. The predicted octanol–water partition coefficient (Wildman–Crippen LogP) is 6.18. The number of hydrogen-bond acceptors (Lipinski definition) is 2. The number of likely N-dealkylation sites (N-methyl/N-ethyl adjacent to an activating group) is 1. The summed E-state index contributed by atoms with van der Waals surface area (Å²) in [7, 11) is 0. The van der Waals surface area contributed by atoms with E-state index < -0.39 is 0 Å². The van der Waals surface area contributed by atoms with Gasteiger partial charge < -0.3 is 4.90 Å². The molecule has 3 rings (SSSR count). The van der Waals surface area contributed by atoms with Gasteiger partial charge in [0.1, 0.15) is 0 Å². The van der Waals surface area contributed by atoms with Crippen molar-refractivity contribution in [2.75, 3.05) is 11.4 Å². The Morgan fingerprint density at radius 3 is 2.54 bits per heavy atom. The summed E-state index contributed by atoms with van der Waals surface area (Å²) in [5, 5.41) is 0. The number of nitrogens with zero attached hydrogens (tertiary/aromatic N) is 2. The average Bonchev–Trinajstić information content (AvgIpc) is 3.01. The van der Waals surface area contributed by atoms with Gasteiger partial charge in [0.25, 0.3) is 0 Å². The molecule has 2 atom stereocenters. The Kier molecular flexibility index (Phi) is 5.41. The van der Waals surface area contributed by atoms with Gasteiger partial charge in [-0.05, 0) is 60.3 Å². The topological polar surface area (TPSA) is 16.1 Å². The molecule has 0 radical (unpaired) electrons. The Hall–Kier alpha value is -1.83. The van der Waals surface area contributed by atoms with Crippen molar-refractivity contribution in [2.24, 2.45) is 5.41 Å². The fraction of sp³-hybridized carbons (Fsp3) is 0.542. The van der Waals surface area contributed by atoms with Crippen molar-refractivity contribution in [1.82, 2.24) is 4.98 Å². The Balaban J connectivity index is 1.83. The van der Waals surface area contributed by atoms with Crippen LogP contribution in [0, 0.1) is 5.41 Å². The van der Waals surface area contributed by atoms with E-state index in [-0.39, 0.29) is 5.41 Å². The summed E-state index contributed by atoms with van der Waals surface area (Å²) in [5.41, 5.74) is 5.86. The van der Waals surface area contributed by atoms with Gasteiger partial charge in [-0.3, -0.25) is 4.98 Å². The van der Waals surface area contributed by atoms with Crippen LogP contribution in [0.1, 0.15) is 76.6 Å².